The molecular formula is C12H15BrN2O2. The van der Waals surface area contributed by atoms with E-state index >= 15 is 0 Å². The standard InChI is InChI=1S/C12H15BrN2O2/c1-7-6-10(13)4-5-11(7)15-12(17)8(2)14-9(3)16/h4-6,8H,1-3H3,(H,14,16)(H,15,17). The number of halogens is 1. The molecule has 2 N–H and O–H groups in total. The van der Waals surface area contributed by atoms with E-state index in [4.69, 9.17) is 0 Å². The first-order chi connectivity index (χ1) is 7.90. The molecule has 1 atom stereocenters. The lowest BCUT2D eigenvalue weighted by Gasteiger charge is -2.14. The Morgan fingerprint density at radius 1 is 1.35 bits per heavy atom. The molecule has 1 aromatic rings. The van der Waals surface area contributed by atoms with Crippen LogP contribution in [0.5, 0.6) is 0 Å². The van der Waals surface area contributed by atoms with E-state index in [2.05, 4.69) is 26.6 Å². The zero-order valence-electron chi connectivity index (χ0n) is 10.0. The van der Waals surface area contributed by atoms with E-state index in [-0.39, 0.29) is 11.8 Å². The molecule has 1 aromatic carbocycles. The van der Waals surface area contributed by atoms with Gasteiger partial charge in [0.05, 0.1) is 0 Å². The minimum atomic E-state index is -0.546. The summed E-state index contributed by atoms with van der Waals surface area (Å²) in [6.45, 7) is 4.93. The highest BCUT2D eigenvalue weighted by Gasteiger charge is 2.14. The van der Waals surface area contributed by atoms with Crippen molar-refractivity contribution in [1.82, 2.24) is 5.32 Å². The summed E-state index contributed by atoms with van der Waals surface area (Å²) in [5, 5.41) is 5.30. The Balaban J connectivity index is 2.71. The van der Waals surface area contributed by atoms with Crippen LogP contribution < -0.4 is 10.6 Å². The van der Waals surface area contributed by atoms with Gasteiger partial charge in [-0.15, -0.1) is 0 Å². The second-order valence-corrected chi connectivity index (χ2v) is 4.79. The SMILES string of the molecule is CC(=O)NC(C)C(=O)Nc1ccc(Br)cc1C. The Kier molecular flexibility index (Phi) is 4.69. The highest BCUT2D eigenvalue weighted by atomic mass is 79.9. The van der Waals surface area contributed by atoms with Gasteiger partial charge in [-0.25, -0.2) is 0 Å². The molecule has 0 aliphatic carbocycles. The van der Waals surface area contributed by atoms with E-state index in [0.29, 0.717) is 0 Å². The number of aryl methyl sites for hydroxylation is 1. The molecule has 0 fully saturated rings. The van der Waals surface area contributed by atoms with Crippen LogP contribution in [0, 0.1) is 6.92 Å². The van der Waals surface area contributed by atoms with E-state index in [1.807, 2.05) is 25.1 Å². The van der Waals surface area contributed by atoms with Gasteiger partial charge in [-0.3, -0.25) is 9.59 Å². The van der Waals surface area contributed by atoms with E-state index in [9.17, 15) is 9.59 Å². The molecule has 17 heavy (non-hydrogen) atoms. The molecule has 0 aliphatic rings. The summed E-state index contributed by atoms with van der Waals surface area (Å²) in [7, 11) is 0. The molecule has 2 amide bonds. The zero-order chi connectivity index (χ0) is 13.0. The maximum absolute atomic E-state index is 11.7. The molecule has 1 rings (SSSR count). The predicted octanol–water partition coefficient (Wildman–Crippen LogP) is 2.22. The number of carbonyl (C=O) groups excluding carboxylic acids is 2. The first-order valence-electron chi connectivity index (χ1n) is 5.24. The van der Waals surface area contributed by atoms with E-state index in [0.717, 1.165) is 15.7 Å². The van der Waals surface area contributed by atoms with Crippen molar-refractivity contribution in [1.29, 1.82) is 0 Å². The van der Waals surface area contributed by atoms with Crippen LogP contribution in [-0.4, -0.2) is 17.9 Å². The van der Waals surface area contributed by atoms with Gasteiger partial charge in [0.25, 0.3) is 0 Å². The molecule has 0 heterocycles. The maximum atomic E-state index is 11.7. The van der Waals surface area contributed by atoms with Gasteiger partial charge in [0, 0.05) is 17.1 Å². The van der Waals surface area contributed by atoms with Gasteiger partial charge < -0.3 is 10.6 Å². The Morgan fingerprint density at radius 2 is 2.00 bits per heavy atom. The lowest BCUT2D eigenvalue weighted by molar-refractivity contribution is -0.124. The summed E-state index contributed by atoms with van der Waals surface area (Å²) in [5.41, 5.74) is 1.71. The van der Waals surface area contributed by atoms with Crippen molar-refractivity contribution < 1.29 is 9.59 Å². The monoisotopic (exact) mass is 298 g/mol. The Hall–Kier alpha value is -1.36. The summed E-state index contributed by atoms with van der Waals surface area (Å²) < 4.78 is 0.961. The van der Waals surface area contributed by atoms with Gasteiger partial charge in [-0.05, 0) is 37.6 Å². The third-order valence-corrected chi connectivity index (χ3v) is 2.75. The van der Waals surface area contributed by atoms with Gasteiger partial charge in [0.15, 0.2) is 0 Å². The number of nitrogens with one attached hydrogen (secondary N) is 2. The number of hydrogen-bond acceptors (Lipinski definition) is 2. The summed E-state index contributed by atoms with van der Waals surface area (Å²) in [6, 6.07) is 5.04. The molecule has 0 saturated heterocycles. The Bertz CT molecular complexity index is 446. The fraction of sp³-hybridized carbons (Fsp3) is 0.333. The molecule has 4 nitrogen and oxygen atoms in total. The normalized spacial score (nSPS) is 11.8. The molecule has 0 radical (unpaired) electrons. The fourth-order valence-electron chi connectivity index (χ4n) is 1.38. The lowest BCUT2D eigenvalue weighted by atomic mass is 10.2. The number of hydrogen-bond donors (Lipinski definition) is 2. The van der Waals surface area contributed by atoms with E-state index < -0.39 is 6.04 Å². The summed E-state index contributed by atoms with van der Waals surface area (Å²) in [4.78, 5) is 22.6. The van der Waals surface area contributed by atoms with Gasteiger partial charge in [-0.2, -0.15) is 0 Å². The predicted molar refractivity (Wildman–Crippen MR) is 70.8 cm³/mol. The van der Waals surface area contributed by atoms with Crippen molar-refractivity contribution in [2.45, 2.75) is 26.8 Å². The highest BCUT2D eigenvalue weighted by Crippen LogP contribution is 2.20. The lowest BCUT2D eigenvalue weighted by Crippen LogP contribution is -2.40. The van der Waals surface area contributed by atoms with Gasteiger partial charge in [-0.1, -0.05) is 15.9 Å². The molecule has 92 valence electrons. The number of amides is 2. The first-order valence-corrected chi connectivity index (χ1v) is 6.03. The average Bonchev–Trinajstić information content (AvgIpc) is 2.21. The third kappa shape index (κ3) is 4.19. The van der Waals surface area contributed by atoms with Crippen LogP contribution in [0.3, 0.4) is 0 Å². The molecule has 1 unspecified atom stereocenters. The Labute approximate surface area is 109 Å². The van der Waals surface area contributed by atoms with Crippen LogP contribution in [0.25, 0.3) is 0 Å². The molecule has 0 aliphatic heterocycles. The van der Waals surface area contributed by atoms with Crippen molar-refractivity contribution in [3.63, 3.8) is 0 Å². The fourth-order valence-corrected chi connectivity index (χ4v) is 1.85. The largest absolute Gasteiger partial charge is 0.345 e. The third-order valence-electron chi connectivity index (χ3n) is 2.26. The molecular weight excluding hydrogens is 284 g/mol. The average molecular weight is 299 g/mol. The maximum Gasteiger partial charge on any atom is 0.246 e. The topological polar surface area (TPSA) is 58.2 Å². The second-order valence-electron chi connectivity index (χ2n) is 3.87. The van der Waals surface area contributed by atoms with Gasteiger partial charge in [0.2, 0.25) is 11.8 Å². The highest BCUT2D eigenvalue weighted by molar-refractivity contribution is 9.10. The van der Waals surface area contributed by atoms with Gasteiger partial charge in [0.1, 0.15) is 6.04 Å². The van der Waals surface area contributed by atoms with Crippen molar-refractivity contribution in [3.05, 3.63) is 28.2 Å². The summed E-state index contributed by atoms with van der Waals surface area (Å²) >= 11 is 3.35. The zero-order valence-corrected chi connectivity index (χ0v) is 11.6. The van der Waals surface area contributed by atoms with Crippen LogP contribution in [0.1, 0.15) is 19.4 Å². The van der Waals surface area contributed by atoms with Crippen molar-refractivity contribution in [2.24, 2.45) is 0 Å². The smallest absolute Gasteiger partial charge is 0.246 e. The van der Waals surface area contributed by atoms with E-state index in [1.54, 1.807) is 6.92 Å². The second kappa shape index (κ2) is 5.82. The van der Waals surface area contributed by atoms with Crippen LogP contribution >= 0.6 is 15.9 Å². The van der Waals surface area contributed by atoms with Gasteiger partial charge >= 0.3 is 0 Å². The van der Waals surface area contributed by atoms with Crippen molar-refractivity contribution >= 4 is 33.4 Å². The molecule has 0 bridgehead atoms. The van der Waals surface area contributed by atoms with Crippen molar-refractivity contribution in [2.75, 3.05) is 5.32 Å². The summed E-state index contributed by atoms with van der Waals surface area (Å²) in [6.07, 6.45) is 0. The minimum absolute atomic E-state index is 0.222. The van der Waals surface area contributed by atoms with Crippen LogP contribution in [0.15, 0.2) is 22.7 Å². The first kappa shape index (κ1) is 13.7. The minimum Gasteiger partial charge on any atom is -0.345 e. The van der Waals surface area contributed by atoms with E-state index in [1.165, 1.54) is 6.92 Å². The number of anilines is 1. The molecule has 5 heteroatoms. The molecule has 0 saturated carbocycles. The number of rotatable bonds is 3. The van der Waals surface area contributed by atoms with Crippen LogP contribution in [0.4, 0.5) is 5.69 Å². The van der Waals surface area contributed by atoms with Crippen molar-refractivity contribution in [3.8, 4) is 0 Å². The number of carbonyl (C=O) groups is 2. The molecule has 0 aromatic heterocycles. The van der Waals surface area contributed by atoms with Crippen LogP contribution in [0.2, 0.25) is 0 Å². The molecule has 0 spiro atoms. The van der Waals surface area contributed by atoms with Crippen LogP contribution in [-0.2, 0) is 9.59 Å². The number of benzene rings is 1. The summed E-state index contributed by atoms with van der Waals surface area (Å²) in [5.74, 6) is -0.453. The Morgan fingerprint density at radius 3 is 2.53 bits per heavy atom. The quantitative estimate of drug-likeness (QED) is 0.899.